The number of hydrogen-bond donors (Lipinski definition) is 0. The first-order valence-electron chi connectivity index (χ1n) is 14.6. The van der Waals surface area contributed by atoms with Gasteiger partial charge in [-0.3, -0.25) is 9.80 Å². The molecule has 2 fully saturated rings. The Bertz CT molecular complexity index is 1460. The lowest BCUT2D eigenvalue weighted by Crippen LogP contribution is -2.57. The van der Waals surface area contributed by atoms with E-state index in [9.17, 15) is 13.2 Å². The highest BCUT2D eigenvalue weighted by Crippen LogP contribution is 2.38. The van der Waals surface area contributed by atoms with E-state index in [1.54, 1.807) is 25.3 Å². The molecule has 6 rings (SSSR count). The Morgan fingerprint density at radius 1 is 0.911 bits per heavy atom. The zero-order valence-corrected chi connectivity index (χ0v) is 26.5. The number of fused-ring (bicyclic) bond motifs is 1. The number of aromatic nitrogens is 4. The second-order valence-corrected chi connectivity index (χ2v) is 11.1. The molecule has 8 nitrogen and oxygen atoms in total. The van der Waals surface area contributed by atoms with Crippen LogP contribution >= 0.6 is 24.8 Å². The molecule has 0 radical (unpaired) electrons. The molecule has 1 aromatic heterocycles. The largest absolute Gasteiger partial charge is 0.491 e. The van der Waals surface area contributed by atoms with Crippen LogP contribution in [0.4, 0.5) is 13.2 Å². The van der Waals surface area contributed by atoms with Crippen molar-refractivity contribution in [3.8, 4) is 11.4 Å². The molecule has 4 aromatic rings. The summed E-state index contributed by atoms with van der Waals surface area (Å²) >= 11 is 0. The highest BCUT2D eigenvalue weighted by atomic mass is 35.5. The standard InChI is InChI=1S/C32H35F3N6O2.2ClH/c1-42-17-18-43-29-15-14-26(41-31(32(33,34)35)36-37-38-41)19-25(29)20-39-21-27-13-8-16-40(27)28(22-39)30(23-9-4-2-5-10-23)24-11-6-3-7-12-24;;/h2-7,9-12,14-15,19,27-28,30H,8,13,16-18,20-22H2,1H3;2*1H/t27-,28-;;/m0../s1. The number of hydrogen-bond acceptors (Lipinski definition) is 7. The molecule has 0 unspecified atom stereocenters. The fourth-order valence-electron chi connectivity index (χ4n) is 6.59. The van der Waals surface area contributed by atoms with Crippen molar-refractivity contribution < 1.29 is 22.6 Å². The average Bonchev–Trinajstić information content (AvgIpc) is 3.70. The van der Waals surface area contributed by atoms with Gasteiger partial charge >= 0.3 is 6.18 Å². The van der Waals surface area contributed by atoms with E-state index in [1.165, 1.54) is 11.1 Å². The number of rotatable bonds is 10. The van der Waals surface area contributed by atoms with Crippen molar-refractivity contribution in [1.82, 2.24) is 30.0 Å². The number of methoxy groups -OCH3 is 1. The molecule has 2 atom stereocenters. The third kappa shape index (κ3) is 7.78. The van der Waals surface area contributed by atoms with Gasteiger partial charge in [0, 0.05) is 50.3 Å². The van der Waals surface area contributed by atoms with Gasteiger partial charge in [0.05, 0.1) is 12.3 Å². The molecule has 2 aliphatic rings. The molecule has 3 heterocycles. The van der Waals surface area contributed by atoms with Crippen LogP contribution in [0.25, 0.3) is 5.69 Å². The molecule has 242 valence electrons. The van der Waals surface area contributed by atoms with E-state index in [1.807, 2.05) is 12.1 Å². The van der Waals surface area contributed by atoms with E-state index in [0.717, 1.165) is 42.7 Å². The van der Waals surface area contributed by atoms with Crippen LogP contribution in [0.2, 0.25) is 0 Å². The van der Waals surface area contributed by atoms with Gasteiger partial charge in [0.2, 0.25) is 0 Å². The molecule has 0 spiro atoms. The molecular weight excluding hydrogens is 628 g/mol. The van der Waals surface area contributed by atoms with Gasteiger partial charge < -0.3 is 9.47 Å². The van der Waals surface area contributed by atoms with Gasteiger partial charge in [-0.05, 0) is 59.1 Å². The number of tetrazole rings is 1. The molecule has 0 aliphatic carbocycles. The molecule has 0 bridgehead atoms. The summed E-state index contributed by atoms with van der Waals surface area (Å²) in [5.41, 5.74) is 3.55. The zero-order valence-electron chi connectivity index (χ0n) is 24.8. The lowest BCUT2D eigenvalue weighted by atomic mass is 9.82. The molecule has 13 heteroatoms. The quantitative estimate of drug-likeness (QED) is 0.192. The Morgan fingerprint density at radius 3 is 2.24 bits per heavy atom. The van der Waals surface area contributed by atoms with Crippen LogP contribution in [-0.2, 0) is 17.5 Å². The summed E-state index contributed by atoms with van der Waals surface area (Å²) in [4.78, 5) is 5.09. The van der Waals surface area contributed by atoms with Gasteiger partial charge in [-0.2, -0.15) is 17.9 Å². The summed E-state index contributed by atoms with van der Waals surface area (Å²) in [6, 6.07) is 26.9. The second-order valence-electron chi connectivity index (χ2n) is 11.1. The fraction of sp³-hybridized carbons (Fsp3) is 0.406. The van der Waals surface area contributed by atoms with E-state index >= 15 is 0 Å². The maximum absolute atomic E-state index is 13.6. The van der Waals surface area contributed by atoms with Gasteiger partial charge in [-0.15, -0.1) is 29.9 Å². The first kappa shape index (κ1) is 34.6. The Morgan fingerprint density at radius 2 is 1.60 bits per heavy atom. The van der Waals surface area contributed by atoms with Crippen molar-refractivity contribution in [3.05, 3.63) is 101 Å². The van der Waals surface area contributed by atoms with Crippen LogP contribution in [0.15, 0.2) is 78.9 Å². The van der Waals surface area contributed by atoms with Crippen LogP contribution in [-0.4, -0.2) is 82.0 Å². The average molecular weight is 666 g/mol. The second kappa shape index (κ2) is 15.4. The van der Waals surface area contributed by atoms with Crippen molar-refractivity contribution >= 4 is 24.8 Å². The van der Waals surface area contributed by atoms with Crippen LogP contribution < -0.4 is 4.74 Å². The maximum atomic E-state index is 13.6. The first-order valence-corrected chi connectivity index (χ1v) is 14.6. The zero-order chi connectivity index (χ0) is 29.8. The Kier molecular flexibility index (Phi) is 11.8. The lowest BCUT2D eigenvalue weighted by molar-refractivity contribution is -0.146. The van der Waals surface area contributed by atoms with E-state index < -0.39 is 12.0 Å². The van der Waals surface area contributed by atoms with E-state index in [4.69, 9.17) is 9.47 Å². The molecule has 3 aromatic carbocycles. The SMILES string of the molecule is COCCOc1ccc(-n2nnnc2C(F)(F)F)cc1CN1C[C@@H]2CCCN2[C@H](C(c2ccccc2)c2ccccc2)C1.Cl.Cl. The molecule has 45 heavy (non-hydrogen) atoms. The number of ether oxygens (including phenoxy) is 2. The topological polar surface area (TPSA) is 68.5 Å². The number of piperazine rings is 1. The number of alkyl halides is 3. The Balaban J connectivity index is 0.00000230. The van der Waals surface area contributed by atoms with Gasteiger partial charge in [-0.25, -0.2) is 0 Å². The molecule has 0 N–H and O–H groups in total. The summed E-state index contributed by atoms with van der Waals surface area (Å²) in [6.07, 6.45) is -2.43. The minimum atomic E-state index is -4.69. The summed E-state index contributed by atoms with van der Waals surface area (Å²) < 4.78 is 52.8. The molecule has 0 amide bonds. The van der Waals surface area contributed by atoms with Gasteiger partial charge in [0.15, 0.2) is 0 Å². The number of halogens is 5. The van der Waals surface area contributed by atoms with E-state index in [0.29, 0.717) is 31.5 Å². The van der Waals surface area contributed by atoms with Crippen LogP contribution in [0.1, 0.15) is 41.3 Å². The highest BCUT2D eigenvalue weighted by Gasteiger charge is 2.42. The van der Waals surface area contributed by atoms with Crippen molar-refractivity contribution in [1.29, 1.82) is 0 Å². The summed E-state index contributed by atoms with van der Waals surface area (Å²) in [6.45, 7) is 3.95. The Hall–Kier alpha value is -3.22. The molecular formula is C32H37Cl2F3N6O2. The molecule has 0 saturated carbocycles. The van der Waals surface area contributed by atoms with Crippen molar-refractivity contribution in [2.24, 2.45) is 0 Å². The number of nitrogens with zero attached hydrogens (tertiary/aromatic N) is 6. The van der Waals surface area contributed by atoms with E-state index in [-0.39, 0.29) is 42.5 Å². The maximum Gasteiger partial charge on any atom is 0.453 e. The lowest BCUT2D eigenvalue weighted by Gasteiger charge is -2.47. The van der Waals surface area contributed by atoms with Crippen molar-refractivity contribution in [3.63, 3.8) is 0 Å². The van der Waals surface area contributed by atoms with Gasteiger partial charge in [0.1, 0.15) is 12.4 Å². The number of benzene rings is 3. The van der Waals surface area contributed by atoms with E-state index in [2.05, 4.69) is 73.9 Å². The van der Waals surface area contributed by atoms with Gasteiger partial charge in [0.25, 0.3) is 5.82 Å². The molecule has 2 saturated heterocycles. The van der Waals surface area contributed by atoms with Crippen LogP contribution in [0, 0.1) is 0 Å². The normalized spacial score (nSPS) is 18.7. The highest BCUT2D eigenvalue weighted by molar-refractivity contribution is 5.85. The van der Waals surface area contributed by atoms with Gasteiger partial charge in [-0.1, -0.05) is 60.7 Å². The third-order valence-electron chi connectivity index (χ3n) is 8.42. The predicted octanol–water partition coefficient (Wildman–Crippen LogP) is 6.03. The van der Waals surface area contributed by atoms with Crippen molar-refractivity contribution in [2.45, 2.75) is 43.6 Å². The van der Waals surface area contributed by atoms with Crippen molar-refractivity contribution in [2.75, 3.05) is 40.0 Å². The molecule has 2 aliphatic heterocycles. The minimum Gasteiger partial charge on any atom is -0.491 e. The summed E-state index contributed by atoms with van der Waals surface area (Å²) in [5, 5.41) is 10.2. The summed E-state index contributed by atoms with van der Waals surface area (Å²) in [7, 11) is 1.60. The first-order chi connectivity index (χ1) is 20.9. The predicted molar refractivity (Wildman–Crippen MR) is 170 cm³/mol. The fourth-order valence-corrected chi connectivity index (χ4v) is 6.59. The smallest absolute Gasteiger partial charge is 0.453 e. The Labute approximate surface area is 273 Å². The third-order valence-corrected chi connectivity index (χ3v) is 8.42. The van der Waals surface area contributed by atoms with Crippen LogP contribution in [0.3, 0.4) is 0 Å². The minimum absolute atomic E-state index is 0. The monoisotopic (exact) mass is 664 g/mol. The van der Waals surface area contributed by atoms with Crippen LogP contribution in [0.5, 0.6) is 5.75 Å². The summed E-state index contributed by atoms with van der Waals surface area (Å²) in [5.74, 6) is -0.389.